The highest BCUT2D eigenvalue weighted by atomic mass is 16.3. The van der Waals surface area contributed by atoms with E-state index in [0.717, 1.165) is 11.1 Å². The lowest BCUT2D eigenvalue weighted by Crippen LogP contribution is -2.13. The summed E-state index contributed by atoms with van der Waals surface area (Å²) in [6.07, 6.45) is 5.50. The third-order valence-electron chi connectivity index (χ3n) is 4.05. The SMILES string of the molecule is CN=C/C(=C\N)c1oc2c(C(C)N)cc(C)cc2c(=O)c1-c1cocn1. The summed E-state index contributed by atoms with van der Waals surface area (Å²) in [6.45, 7) is 3.75. The molecule has 0 fully saturated rings. The van der Waals surface area contributed by atoms with E-state index < -0.39 is 0 Å². The van der Waals surface area contributed by atoms with Crippen LogP contribution in [0, 0.1) is 6.92 Å². The summed E-state index contributed by atoms with van der Waals surface area (Å²) >= 11 is 0. The molecule has 0 radical (unpaired) electrons. The minimum absolute atomic E-state index is 0.232. The van der Waals surface area contributed by atoms with Crippen molar-refractivity contribution in [2.45, 2.75) is 19.9 Å². The fourth-order valence-electron chi connectivity index (χ4n) is 2.90. The Kier molecular flexibility index (Phi) is 4.73. The molecule has 7 heteroatoms. The van der Waals surface area contributed by atoms with Gasteiger partial charge in [0.1, 0.15) is 17.5 Å². The molecule has 1 unspecified atom stereocenters. The van der Waals surface area contributed by atoms with E-state index in [4.69, 9.17) is 20.3 Å². The molecule has 134 valence electrons. The van der Waals surface area contributed by atoms with Crippen LogP contribution in [-0.2, 0) is 0 Å². The number of benzene rings is 1. The molecule has 0 spiro atoms. The summed E-state index contributed by atoms with van der Waals surface area (Å²) in [6, 6.07) is 3.38. The largest absolute Gasteiger partial charge is 0.455 e. The number of hydrogen-bond donors (Lipinski definition) is 2. The van der Waals surface area contributed by atoms with Crippen LogP contribution in [0.5, 0.6) is 0 Å². The number of aryl methyl sites for hydroxylation is 1. The van der Waals surface area contributed by atoms with E-state index in [1.165, 1.54) is 25.1 Å². The molecule has 4 N–H and O–H groups in total. The van der Waals surface area contributed by atoms with Gasteiger partial charge in [-0.25, -0.2) is 4.98 Å². The Bertz CT molecular complexity index is 1060. The number of aromatic nitrogens is 1. The summed E-state index contributed by atoms with van der Waals surface area (Å²) in [5.41, 5.74) is 14.8. The second-order valence-corrected chi connectivity index (χ2v) is 6.04. The Morgan fingerprint density at radius 2 is 2.15 bits per heavy atom. The Morgan fingerprint density at radius 3 is 2.73 bits per heavy atom. The number of allylic oxidation sites excluding steroid dienone is 1. The molecule has 1 aromatic carbocycles. The first-order valence-corrected chi connectivity index (χ1v) is 8.07. The zero-order valence-corrected chi connectivity index (χ0v) is 14.8. The molecular weight excluding hydrogens is 332 g/mol. The van der Waals surface area contributed by atoms with Crippen LogP contribution in [-0.4, -0.2) is 18.2 Å². The maximum absolute atomic E-state index is 13.3. The van der Waals surface area contributed by atoms with Crippen molar-refractivity contribution in [2.75, 3.05) is 7.05 Å². The number of hydrogen-bond acceptors (Lipinski definition) is 7. The van der Waals surface area contributed by atoms with Crippen LogP contribution in [0.3, 0.4) is 0 Å². The van der Waals surface area contributed by atoms with Crippen molar-refractivity contribution in [1.82, 2.24) is 4.98 Å². The molecule has 2 aromatic heterocycles. The summed E-state index contributed by atoms with van der Waals surface area (Å²) in [5, 5.41) is 0.434. The third kappa shape index (κ3) is 2.93. The van der Waals surface area contributed by atoms with E-state index >= 15 is 0 Å². The van der Waals surface area contributed by atoms with Gasteiger partial charge in [-0.1, -0.05) is 6.07 Å². The number of fused-ring (bicyclic) bond motifs is 1. The first kappa shape index (κ1) is 17.6. The van der Waals surface area contributed by atoms with Gasteiger partial charge in [-0.3, -0.25) is 9.79 Å². The van der Waals surface area contributed by atoms with Crippen molar-refractivity contribution in [1.29, 1.82) is 0 Å². The molecule has 1 atom stereocenters. The smallest absolute Gasteiger partial charge is 0.202 e. The average Bonchev–Trinajstić information content (AvgIpc) is 3.13. The Hall–Kier alpha value is -3.19. The van der Waals surface area contributed by atoms with E-state index in [1.807, 2.05) is 19.9 Å². The predicted octanol–water partition coefficient (Wildman–Crippen LogP) is 2.78. The normalized spacial score (nSPS) is 13.6. The van der Waals surface area contributed by atoms with Gasteiger partial charge in [-0.15, -0.1) is 0 Å². The van der Waals surface area contributed by atoms with Gasteiger partial charge >= 0.3 is 0 Å². The Labute approximate surface area is 150 Å². The molecule has 0 amide bonds. The molecule has 3 rings (SSSR count). The minimum Gasteiger partial charge on any atom is -0.455 e. The fraction of sp³-hybridized carbons (Fsp3) is 0.211. The maximum atomic E-state index is 13.3. The van der Waals surface area contributed by atoms with Crippen molar-refractivity contribution < 1.29 is 8.83 Å². The van der Waals surface area contributed by atoms with E-state index in [0.29, 0.717) is 22.2 Å². The first-order valence-electron chi connectivity index (χ1n) is 8.07. The molecule has 0 bridgehead atoms. The summed E-state index contributed by atoms with van der Waals surface area (Å²) in [7, 11) is 1.61. The topological polar surface area (TPSA) is 121 Å². The fourth-order valence-corrected chi connectivity index (χ4v) is 2.90. The van der Waals surface area contributed by atoms with Crippen molar-refractivity contribution in [3.63, 3.8) is 0 Å². The van der Waals surface area contributed by atoms with Gasteiger partial charge in [0.15, 0.2) is 12.2 Å². The number of nitrogens with two attached hydrogens (primary N) is 2. The van der Waals surface area contributed by atoms with E-state index in [-0.39, 0.29) is 22.8 Å². The van der Waals surface area contributed by atoms with Gasteiger partial charge in [0.25, 0.3) is 0 Å². The zero-order chi connectivity index (χ0) is 18.8. The lowest BCUT2D eigenvalue weighted by atomic mass is 9.98. The van der Waals surface area contributed by atoms with Crippen molar-refractivity contribution >= 4 is 22.8 Å². The van der Waals surface area contributed by atoms with Gasteiger partial charge in [0.2, 0.25) is 5.43 Å². The number of oxazole rings is 1. The van der Waals surface area contributed by atoms with Crippen LogP contribution in [0.2, 0.25) is 0 Å². The molecule has 0 saturated heterocycles. The Morgan fingerprint density at radius 1 is 1.38 bits per heavy atom. The van der Waals surface area contributed by atoms with Crippen LogP contribution >= 0.6 is 0 Å². The number of nitrogens with zero attached hydrogens (tertiary/aromatic N) is 2. The summed E-state index contributed by atoms with van der Waals surface area (Å²) in [5.74, 6) is 0.273. The maximum Gasteiger partial charge on any atom is 0.202 e. The van der Waals surface area contributed by atoms with Crippen LogP contribution in [0.1, 0.15) is 29.9 Å². The second-order valence-electron chi connectivity index (χ2n) is 6.04. The van der Waals surface area contributed by atoms with Gasteiger partial charge < -0.3 is 20.3 Å². The molecular formula is C19H20N4O3. The van der Waals surface area contributed by atoms with E-state index in [1.54, 1.807) is 13.1 Å². The highest BCUT2D eigenvalue weighted by molar-refractivity contribution is 6.11. The van der Waals surface area contributed by atoms with Gasteiger partial charge in [-0.05, 0) is 25.5 Å². The molecule has 0 aliphatic carbocycles. The predicted molar refractivity (Wildman–Crippen MR) is 102 cm³/mol. The first-order chi connectivity index (χ1) is 12.5. The highest BCUT2D eigenvalue weighted by Gasteiger charge is 2.22. The number of aliphatic imine (C=N–C) groups is 1. The highest BCUT2D eigenvalue weighted by Crippen LogP contribution is 2.31. The number of rotatable bonds is 4. The van der Waals surface area contributed by atoms with Gasteiger partial charge in [0.05, 0.1) is 16.5 Å². The zero-order valence-electron chi connectivity index (χ0n) is 14.8. The van der Waals surface area contributed by atoms with E-state index in [9.17, 15) is 4.79 Å². The lowest BCUT2D eigenvalue weighted by molar-refractivity contribution is 0.557. The van der Waals surface area contributed by atoms with Crippen molar-refractivity contribution in [2.24, 2.45) is 16.5 Å². The standard InChI is InChI=1S/C19H20N4O3/c1-10-4-13(11(2)21)19-14(5-10)17(24)16(15-8-25-9-23-15)18(26-19)12(6-20)7-22-3/h4-9,11H,20-21H2,1-3H3/b12-6+,22-7?. The summed E-state index contributed by atoms with van der Waals surface area (Å²) < 4.78 is 11.2. The van der Waals surface area contributed by atoms with Crippen molar-refractivity contribution in [3.05, 3.63) is 58.1 Å². The molecule has 26 heavy (non-hydrogen) atoms. The second kappa shape index (κ2) is 6.97. The van der Waals surface area contributed by atoms with E-state index in [2.05, 4.69) is 9.98 Å². The molecule has 7 nitrogen and oxygen atoms in total. The molecule has 3 aromatic rings. The van der Waals surface area contributed by atoms with Gasteiger partial charge in [0, 0.05) is 31.1 Å². The molecule has 0 saturated carbocycles. The quantitative estimate of drug-likeness (QED) is 0.697. The average molecular weight is 352 g/mol. The molecule has 2 heterocycles. The van der Waals surface area contributed by atoms with Gasteiger partial charge in [-0.2, -0.15) is 0 Å². The lowest BCUT2D eigenvalue weighted by Gasteiger charge is -2.14. The molecule has 0 aliphatic rings. The Balaban J connectivity index is 2.51. The van der Waals surface area contributed by atoms with Crippen LogP contribution in [0.15, 0.2) is 49.6 Å². The summed E-state index contributed by atoms with van der Waals surface area (Å²) in [4.78, 5) is 21.4. The third-order valence-corrected chi connectivity index (χ3v) is 4.05. The monoisotopic (exact) mass is 352 g/mol. The molecule has 0 aliphatic heterocycles. The van der Waals surface area contributed by atoms with Crippen LogP contribution in [0.4, 0.5) is 0 Å². The minimum atomic E-state index is -0.309. The van der Waals surface area contributed by atoms with Crippen molar-refractivity contribution in [3.8, 4) is 11.3 Å². The van der Waals surface area contributed by atoms with Crippen LogP contribution in [0.25, 0.3) is 27.8 Å². The van der Waals surface area contributed by atoms with Crippen LogP contribution < -0.4 is 16.9 Å².